The van der Waals surface area contributed by atoms with Crippen molar-refractivity contribution in [2.45, 2.75) is 29.8 Å². The second kappa shape index (κ2) is 9.07. The molecule has 146 valence electrons. The summed E-state index contributed by atoms with van der Waals surface area (Å²) in [6.07, 6.45) is 5.57. The Balaban J connectivity index is 1.33. The molecule has 3 heterocycles. The highest BCUT2D eigenvalue weighted by Gasteiger charge is 2.26. The van der Waals surface area contributed by atoms with Gasteiger partial charge in [-0.15, -0.1) is 0 Å². The predicted molar refractivity (Wildman–Crippen MR) is 107 cm³/mol. The Kier molecular flexibility index (Phi) is 6.08. The van der Waals surface area contributed by atoms with Gasteiger partial charge in [0, 0.05) is 17.9 Å². The fourth-order valence-corrected chi connectivity index (χ4v) is 4.14. The number of aromatic amines is 1. The van der Waals surface area contributed by atoms with E-state index in [4.69, 9.17) is 4.42 Å². The first-order valence-electron chi connectivity index (χ1n) is 9.42. The quantitative estimate of drug-likeness (QED) is 0.568. The van der Waals surface area contributed by atoms with Crippen molar-refractivity contribution < 1.29 is 9.21 Å². The molecule has 1 aliphatic rings. The molecule has 1 aliphatic heterocycles. The van der Waals surface area contributed by atoms with Gasteiger partial charge in [0.05, 0.1) is 12.3 Å². The molecule has 1 aromatic carbocycles. The topological polar surface area (TPSA) is 87.1 Å². The molecule has 0 unspecified atom stereocenters. The van der Waals surface area contributed by atoms with Gasteiger partial charge >= 0.3 is 0 Å². The number of nitrogens with one attached hydrogen (secondary N) is 2. The van der Waals surface area contributed by atoms with Crippen LogP contribution in [0.1, 0.15) is 40.6 Å². The molecule has 0 aliphatic carbocycles. The third kappa shape index (κ3) is 4.63. The van der Waals surface area contributed by atoms with E-state index in [9.17, 15) is 4.79 Å². The summed E-state index contributed by atoms with van der Waals surface area (Å²) in [5.74, 6) is 1.61. The molecule has 8 heteroatoms. The molecule has 7 nitrogen and oxygen atoms in total. The maximum atomic E-state index is 12.6. The van der Waals surface area contributed by atoms with Gasteiger partial charge in [-0.2, -0.15) is 5.10 Å². The van der Waals surface area contributed by atoms with E-state index in [1.54, 1.807) is 18.0 Å². The fraction of sp³-hybridized carbons (Fsp3) is 0.350. The smallest absolute Gasteiger partial charge is 0.251 e. The molecular weight excluding hydrogens is 374 g/mol. The summed E-state index contributed by atoms with van der Waals surface area (Å²) in [4.78, 5) is 19.1. The van der Waals surface area contributed by atoms with Crippen molar-refractivity contribution in [3.63, 3.8) is 0 Å². The zero-order valence-electron chi connectivity index (χ0n) is 15.5. The van der Waals surface area contributed by atoms with Gasteiger partial charge in [0.1, 0.15) is 12.1 Å². The number of rotatable bonds is 8. The first-order valence-corrected chi connectivity index (χ1v) is 10.4. The van der Waals surface area contributed by atoms with E-state index in [0.717, 1.165) is 35.3 Å². The van der Waals surface area contributed by atoms with Crippen LogP contribution in [0.5, 0.6) is 0 Å². The van der Waals surface area contributed by atoms with Crippen LogP contribution in [0, 0.1) is 0 Å². The van der Waals surface area contributed by atoms with Crippen molar-refractivity contribution >= 4 is 17.7 Å². The number of nitrogens with zero attached hydrogens (tertiary/aromatic N) is 3. The van der Waals surface area contributed by atoms with E-state index >= 15 is 0 Å². The second-order valence-corrected chi connectivity index (χ2v) is 7.72. The number of aromatic nitrogens is 3. The summed E-state index contributed by atoms with van der Waals surface area (Å²) in [6, 6.07) is 11.6. The van der Waals surface area contributed by atoms with Gasteiger partial charge in [-0.05, 0) is 55.8 Å². The summed E-state index contributed by atoms with van der Waals surface area (Å²) < 4.78 is 5.61. The first kappa shape index (κ1) is 18.8. The Morgan fingerprint density at radius 3 is 2.75 bits per heavy atom. The molecule has 1 atom stereocenters. The summed E-state index contributed by atoms with van der Waals surface area (Å²) in [5.41, 5.74) is 1.79. The van der Waals surface area contributed by atoms with Crippen molar-refractivity contribution in [2.24, 2.45) is 0 Å². The highest BCUT2D eigenvalue weighted by atomic mass is 32.2. The molecule has 0 spiro atoms. The molecule has 2 aromatic heterocycles. The lowest BCUT2D eigenvalue weighted by molar-refractivity contribution is 0.0934. The Morgan fingerprint density at radius 2 is 2.07 bits per heavy atom. The van der Waals surface area contributed by atoms with Gasteiger partial charge < -0.3 is 9.73 Å². The predicted octanol–water partition coefficient (Wildman–Crippen LogP) is 3.26. The van der Waals surface area contributed by atoms with Crippen LogP contribution in [0.3, 0.4) is 0 Å². The summed E-state index contributed by atoms with van der Waals surface area (Å²) in [6.45, 7) is 2.62. The van der Waals surface area contributed by atoms with Crippen molar-refractivity contribution in [1.29, 1.82) is 0 Å². The van der Waals surface area contributed by atoms with Crippen LogP contribution in [0.25, 0.3) is 0 Å². The Hall–Kier alpha value is -2.58. The number of benzene rings is 1. The van der Waals surface area contributed by atoms with Crippen LogP contribution in [0.4, 0.5) is 0 Å². The molecule has 0 radical (unpaired) electrons. The van der Waals surface area contributed by atoms with Crippen LogP contribution in [0.2, 0.25) is 0 Å². The van der Waals surface area contributed by atoms with Crippen molar-refractivity contribution in [3.05, 3.63) is 65.9 Å². The zero-order valence-corrected chi connectivity index (χ0v) is 16.3. The number of hydrogen-bond donors (Lipinski definition) is 2. The normalized spacial score (nSPS) is 15.6. The molecule has 1 fully saturated rings. The highest BCUT2D eigenvalue weighted by Crippen LogP contribution is 2.25. The van der Waals surface area contributed by atoms with Crippen molar-refractivity contribution in [1.82, 2.24) is 25.4 Å². The van der Waals surface area contributed by atoms with Crippen LogP contribution in [0.15, 0.2) is 58.6 Å². The third-order valence-corrected chi connectivity index (χ3v) is 5.84. The summed E-state index contributed by atoms with van der Waals surface area (Å²) in [7, 11) is 0. The molecule has 3 aromatic rings. The number of furan rings is 1. The standard InChI is InChI=1S/C20H23N5O2S/c26-19(16-7-5-15(6-8-16)13-28-20-22-14-23-24-20)21-12-17(18-4-3-11-27-18)25-9-1-2-10-25/h3-8,11,14,17H,1-2,9-10,12-13H2,(H,21,26)(H,22,23,24)/t17-/m1/s1. The van der Waals surface area contributed by atoms with Gasteiger partial charge in [-0.1, -0.05) is 23.9 Å². The van der Waals surface area contributed by atoms with E-state index < -0.39 is 0 Å². The summed E-state index contributed by atoms with van der Waals surface area (Å²) >= 11 is 1.58. The molecule has 1 amide bonds. The maximum absolute atomic E-state index is 12.6. The zero-order chi connectivity index (χ0) is 19.2. The van der Waals surface area contributed by atoms with Gasteiger partial charge in [-0.3, -0.25) is 14.8 Å². The number of amides is 1. The summed E-state index contributed by atoms with van der Waals surface area (Å²) in [5, 5.41) is 10.5. The van der Waals surface area contributed by atoms with E-state index in [1.807, 2.05) is 36.4 Å². The van der Waals surface area contributed by atoms with Crippen LogP contribution >= 0.6 is 11.8 Å². The number of hydrogen-bond acceptors (Lipinski definition) is 6. The average molecular weight is 398 g/mol. The minimum atomic E-state index is -0.0646. The number of carbonyl (C=O) groups excluding carboxylic acids is 1. The monoisotopic (exact) mass is 397 g/mol. The Bertz CT molecular complexity index is 859. The fourth-order valence-electron chi connectivity index (χ4n) is 3.40. The molecular formula is C20H23N5O2S. The third-order valence-electron chi connectivity index (χ3n) is 4.89. The van der Waals surface area contributed by atoms with E-state index in [0.29, 0.717) is 12.1 Å². The van der Waals surface area contributed by atoms with Crippen LogP contribution in [-0.2, 0) is 5.75 Å². The molecule has 4 rings (SSSR count). The maximum Gasteiger partial charge on any atom is 0.251 e. The van der Waals surface area contributed by atoms with E-state index in [-0.39, 0.29) is 11.9 Å². The van der Waals surface area contributed by atoms with Crippen molar-refractivity contribution in [2.75, 3.05) is 19.6 Å². The second-order valence-electron chi connectivity index (χ2n) is 6.76. The SMILES string of the molecule is O=C(NC[C@H](c1ccco1)N1CCCC1)c1ccc(CSc2ncn[nH]2)cc1. The van der Waals surface area contributed by atoms with Gasteiger partial charge in [-0.25, -0.2) is 4.98 Å². The highest BCUT2D eigenvalue weighted by molar-refractivity contribution is 7.98. The largest absolute Gasteiger partial charge is 0.468 e. The Morgan fingerprint density at radius 1 is 1.25 bits per heavy atom. The minimum absolute atomic E-state index is 0.0646. The first-order chi connectivity index (χ1) is 13.8. The van der Waals surface area contributed by atoms with E-state index in [1.165, 1.54) is 19.2 Å². The molecule has 0 saturated carbocycles. The minimum Gasteiger partial charge on any atom is -0.468 e. The van der Waals surface area contributed by atoms with Gasteiger partial charge in [0.15, 0.2) is 5.16 Å². The Labute approximate surface area is 167 Å². The number of H-pyrrole nitrogens is 1. The molecule has 2 N–H and O–H groups in total. The average Bonchev–Trinajstić information content (AvgIpc) is 3.51. The van der Waals surface area contributed by atoms with Crippen LogP contribution < -0.4 is 5.32 Å². The molecule has 28 heavy (non-hydrogen) atoms. The van der Waals surface area contributed by atoms with Crippen LogP contribution in [-0.4, -0.2) is 45.6 Å². The lowest BCUT2D eigenvalue weighted by atomic mass is 10.1. The lowest BCUT2D eigenvalue weighted by Gasteiger charge is -2.26. The lowest BCUT2D eigenvalue weighted by Crippen LogP contribution is -2.36. The number of thioether (sulfide) groups is 1. The van der Waals surface area contributed by atoms with Crippen molar-refractivity contribution in [3.8, 4) is 0 Å². The molecule has 1 saturated heterocycles. The number of likely N-dealkylation sites (tertiary alicyclic amines) is 1. The van der Waals surface area contributed by atoms with Gasteiger partial charge in [0.25, 0.3) is 5.91 Å². The molecule has 0 bridgehead atoms. The van der Waals surface area contributed by atoms with E-state index in [2.05, 4.69) is 25.4 Å². The number of carbonyl (C=O) groups is 1. The van der Waals surface area contributed by atoms with Gasteiger partial charge in [0.2, 0.25) is 0 Å².